The van der Waals surface area contributed by atoms with E-state index in [1.165, 1.54) is 31.4 Å². The molecular formula is C16H14F2O2. The Bertz CT molecular complexity index is 651. The molecule has 0 saturated carbocycles. The monoisotopic (exact) mass is 276 g/mol. The van der Waals surface area contributed by atoms with Crippen LogP contribution in [-0.2, 0) is 6.42 Å². The summed E-state index contributed by atoms with van der Waals surface area (Å²) in [5.41, 5.74) is 1.34. The van der Waals surface area contributed by atoms with Crippen molar-refractivity contribution in [2.75, 3.05) is 7.11 Å². The van der Waals surface area contributed by atoms with Crippen LogP contribution in [0.1, 0.15) is 21.5 Å². The molecule has 0 N–H and O–H groups in total. The average Bonchev–Trinajstić information content (AvgIpc) is 2.42. The number of ketones is 1. The third-order valence-corrected chi connectivity index (χ3v) is 3.14. The Hall–Kier alpha value is -2.23. The van der Waals surface area contributed by atoms with Gasteiger partial charge in [0.1, 0.15) is 17.4 Å². The molecule has 20 heavy (non-hydrogen) atoms. The maximum Gasteiger partial charge on any atom is 0.170 e. The summed E-state index contributed by atoms with van der Waals surface area (Å²) in [6, 6.07) is 8.29. The maximum atomic E-state index is 13.8. The van der Waals surface area contributed by atoms with Crippen molar-refractivity contribution in [1.29, 1.82) is 0 Å². The molecule has 2 nitrogen and oxygen atoms in total. The van der Waals surface area contributed by atoms with E-state index >= 15 is 0 Å². The van der Waals surface area contributed by atoms with Gasteiger partial charge in [-0.3, -0.25) is 4.79 Å². The predicted molar refractivity (Wildman–Crippen MR) is 72.1 cm³/mol. The zero-order valence-corrected chi connectivity index (χ0v) is 11.2. The third kappa shape index (κ3) is 3.02. The average molecular weight is 276 g/mol. The summed E-state index contributed by atoms with van der Waals surface area (Å²) in [4.78, 5) is 12.1. The molecule has 0 aliphatic rings. The number of hydrogen-bond donors (Lipinski definition) is 0. The lowest BCUT2D eigenvalue weighted by molar-refractivity contribution is 0.0989. The van der Waals surface area contributed by atoms with Gasteiger partial charge in [-0.05, 0) is 42.3 Å². The molecule has 0 aliphatic heterocycles. The first kappa shape index (κ1) is 14.2. The molecule has 0 heterocycles. The van der Waals surface area contributed by atoms with E-state index in [4.69, 9.17) is 4.74 Å². The lowest BCUT2D eigenvalue weighted by atomic mass is 9.99. The molecule has 0 amide bonds. The number of carbonyl (C=O) groups is 1. The van der Waals surface area contributed by atoms with Crippen LogP contribution in [0, 0.1) is 18.6 Å². The van der Waals surface area contributed by atoms with Crippen LogP contribution in [-0.4, -0.2) is 12.9 Å². The largest absolute Gasteiger partial charge is 0.497 e. The van der Waals surface area contributed by atoms with Gasteiger partial charge in [-0.15, -0.1) is 0 Å². The van der Waals surface area contributed by atoms with Crippen LogP contribution in [0.2, 0.25) is 0 Å². The quantitative estimate of drug-likeness (QED) is 0.796. The highest BCUT2D eigenvalue weighted by Crippen LogP contribution is 2.19. The molecule has 0 radical (unpaired) electrons. The maximum absolute atomic E-state index is 13.8. The van der Waals surface area contributed by atoms with Crippen molar-refractivity contribution in [3.05, 3.63) is 64.7 Å². The molecule has 0 atom stereocenters. The van der Waals surface area contributed by atoms with Crippen molar-refractivity contribution in [2.45, 2.75) is 13.3 Å². The second-order valence-corrected chi connectivity index (χ2v) is 4.52. The van der Waals surface area contributed by atoms with Crippen molar-refractivity contribution in [3.63, 3.8) is 0 Å². The number of ether oxygens (including phenoxy) is 1. The number of benzene rings is 2. The standard InChI is InChI=1S/C16H14F2O2/c1-10-3-4-12(17)7-11(10)8-16(19)14-6-5-13(20-2)9-15(14)18/h3-7,9H,8H2,1-2H3. The lowest BCUT2D eigenvalue weighted by Gasteiger charge is -2.07. The Morgan fingerprint density at radius 2 is 1.90 bits per heavy atom. The molecule has 0 saturated heterocycles. The van der Waals surface area contributed by atoms with Gasteiger partial charge in [0.05, 0.1) is 12.7 Å². The summed E-state index contributed by atoms with van der Waals surface area (Å²) < 4.78 is 31.9. The molecule has 2 aromatic carbocycles. The van der Waals surface area contributed by atoms with Crippen molar-refractivity contribution < 1.29 is 18.3 Å². The molecule has 104 valence electrons. The molecule has 0 fully saturated rings. The Labute approximate surface area is 116 Å². The molecule has 2 rings (SSSR count). The highest BCUT2D eigenvalue weighted by Gasteiger charge is 2.14. The van der Waals surface area contributed by atoms with E-state index in [-0.39, 0.29) is 17.8 Å². The van der Waals surface area contributed by atoms with E-state index in [2.05, 4.69) is 0 Å². The molecule has 0 aromatic heterocycles. The zero-order valence-electron chi connectivity index (χ0n) is 11.2. The van der Waals surface area contributed by atoms with Crippen LogP contribution < -0.4 is 4.74 Å². The molecule has 0 aliphatic carbocycles. The van der Waals surface area contributed by atoms with Gasteiger partial charge >= 0.3 is 0 Å². The minimum Gasteiger partial charge on any atom is -0.497 e. The molecule has 4 heteroatoms. The summed E-state index contributed by atoms with van der Waals surface area (Å²) in [6.07, 6.45) is -0.0349. The van der Waals surface area contributed by atoms with Gasteiger partial charge in [-0.25, -0.2) is 8.78 Å². The van der Waals surface area contributed by atoms with Gasteiger partial charge in [0.25, 0.3) is 0 Å². The minimum atomic E-state index is -0.636. The number of hydrogen-bond acceptors (Lipinski definition) is 2. The lowest BCUT2D eigenvalue weighted by Crippen LogP contribution is -2.07. The van der Waals surface area contributed by atoms with Crippen LogP contribution in [0.3, 0.4) is 0 Å². The van der Waals surface area contributed by atoms with Crippen molar-refractivity contribution in [3.8, 4) is 5.75 Å². The number of carbonyl (C=O) groups excluding carboxylic acids is 1. The number of methoxy groups -OCH3 is 1. The van der Waals surface area contributed by atoms with Gasteiger partial charge in [0, 0.05) is 12.5 Å². The second kappa shape index (κ2) is 5.82. The van der Waals surface area contributed by atoms with Gasteiger partial charge in [0.15, 0.2) is 5.78 Å². The first-order chi connectivity index (χ1) is 9.51. The number of halogens is 2. The third-order valence-electron chi connectivity index (χ3n) is 3.14. The van der Waals surface area contributed by atoms with E-state index in [1.807, 2.05) is 0 Å². The van der Waals surface area contributed by atoms with E-state index in [1.54, 1.807) is 13.0 Å². The van der Waals surface area contributed by atoms with Crippen LogP contribution >= 0.6 is 0 Å². The second-order valence-electron chi connectivity index (χ2n) is 4.52. The van der Waals surface area contributed by atoms with E-state index in [0.29, 0.717) is 11.3 Å². The van der Waals surface area contributed by atoms with E-state index in [9.17, 15) is 13.6 Å². The summed E-state index contributed by atoms with van der Waals surface area (Å²) in [5.74, 6) is -1.09. The Morgan fingerprint density at radius 1 is 1.15 bits per heavy atom. The van der Waals surface area contributed by atoms with E-state index < -0.39 is 11.6 Å². The Kier molecular flexibility index (Phi) is 4.13. The highest BCUT2D eigenvalue weighted by atomic mass is 19.1. The van der Waals surface area contributed by atoms with Crippen LogP contribution in [0.15, 0.2) is 36.4 Å². The Morgan fingerprint density at radius 3 is 2.55 bits per heavy atom. The van der Waals surface area contributed by atoms with Gasteiger partial charge in [-0.1, -0.05) is 6.07 Å². The normalized spacial score (nSPS) is 10.4. The molecule has 0 spiro atoms. The van der Waals surface area contributed by atoms with Crippen molar-refractivity contribution in [1.82, 2.24) is 0 Å². The molecule has 2 aromatic rings. The molecular weight excluding hydrogens is 262 g/mol. The topological polar surface area (TPSA) is 26.3 Å². The summed E-state index contributed by atoms with van der Waals surface area (Å²) in [7, 11) is 1.42. The summed E-state index contributed by atoms with van der Waals surface area (Å²) in [5, 5.41) is 0. The smallest absolute Gasteiger partial charge is 0.170 e. The van der Waals surface area contributed by atoms with Crippen LogP contribution in [0.4, 0.5) is 8.78 Å². The first-order valence-electron chi connectivity index (χ1n) is 6.13. The van der Waals surface area contributed by atoms with Crippen LogP contribution in [0.25, 0.3) is 0 Å². The first-order valence-corrected chi connectivity index (χ1v) is 6.13. The summed E-state index contributed by atoms with van der Waals surface area (Å²) >= 11 is 0. The zero-order chi connectivity index (χ0) is 14.7. The fourth-order valence-corrected chi connectivity index (χ4v) is 1.95. The minimum absolute atomic E-state index is 0.0190. The number of Topliss-reactive ketones (excluding diaryl/α,β-unsaturated/α-hetero) is 1. The molecule has 0 bridgehead atoms. The van der Waals surface area contributed by atoms with Gasteiger partial charge < -0.3 is 4.74 Å². The number of rotatable bonds is 4. The fourth-order valence-electron chi connectivity index (χ4n) is 1.95. The van der Waals surface area contributed by atoms with Crippen LogP contribution in [0.5, 0.6) is 5.75 Å². The predicted octanol–water partition coefficient (Wildman–Crippen LogP) is 3.71. The number of aryl methyl sites for hydroxylation is 1. The van der Waals surface area contributed by atoms with Gasteiger partial charge in [-0.2, -0.15) is 0 Å². The van der Waals surface area contributed by atoms with Crippen molar-refractivity contribution >= 4 is 5.78 Å². The van der Waals surface area contributed by atoms with Crippen molar-refractivity contribution in [2.24, 2.45) is 0 Å². The molecule has 0 unspecified atom stereocenters. The Balaban J connectivity index is 2.26. The van der Waals surface area contributed by atoms with E-state index in [0.717, 1.165) is 11.6 Å². The summed E-state index contributed by atoms with van der Waals surface area (Å²) in [6.45, 7) is 1.78. The highest BCUT2D eigenvalue weighted by molar-refractivity contribution is 5.98. The SMILES string of the molecule is COc1ccc(C(=O)Cc2cc(F)ccc2C)c(F)c1. The fraction of sp³-hybridized carbons (Fsp3) is 0.188. The van der Waals surface area contributed by atoms with Gasteiger partial charge in [0.2, 0.25) is 0 Å².